The van der Waals surface area contributed by atoms with Crippen molar-refractivity contribution < 1.29 is 24.2 Å². The number of ether oxygens (including phenoxy) is 1. The highest BCUT2D eigenvalue weighted by atomic mass is 16.5. The van der Waals surface area contributed by atoms with Crippen LogP contribution < -0.4 is 16.0 Å². The SMILES string of the molecule is CCC(C)(NCC(=O)NC(=O)NCCOC)C(=O)O. The maximum Gasteiger partial charge on any atom is 0.323 e. The zero-order valence-corrected chi connectivity index (χ0v) is 11.4. The van der Waals surface area contributed by atoms with Crippen LogP contribution in [0.3, 0.4) is 0 Å². The molecular weight excluding hydrogens is 254 g/mol. The van der Waals surface area contributed by atoms with Gasteiger partial charge in [0, 0.05) is 13.7 Å². The summed E-state index contributed by atoms with van der Waals surface area (Å²) in [5.74, 6) is -1.65. The number of carbonyl (C=O) groups is 3. The van der Waals surface area contributed by atoms with Gasteiger partial charge in [-0.1, -0.05) is 6.92 Å². The molecule has 0 radical (unpaired) electrons. The number of carboxylic acid groups (broad SMARTS) is 1. The van der Waals surface area contributed by atoms with Gasteiger partial charge in [-0.15, -0.1) is 0 Å². The lowest BCUT2D eigenvalue weighted by Gasteiger charge is -2.24. The van der Waals surface area contributed by atoms with Crippen molar-refractivity contribution in [2.75, 3.05) is 26.8 Å². The summed E-state index contributed by atoms with van der Waals surface area (Å²) in [7, 11) is 1.49. The zero-order chi connectivity index (χ0) is 14.9. The molecule has 110 valence electrons. The molecule has 8 heteroatoms. The number of carbonyl (C=O) groups excluding carboxylic acids is 2. The molecule has 1 unspecified atom stereocenters. The van der Waals surface area contributed by atoms with Crippen LogP contribution in [0.2, 0.25) is 0 Å². The topological polar surface area (TPSA) is 117 Å². The van der Waals surface area contributed by atoms with Gasteiger partial charge in [-0.2, -0.15) is 0 Å². The number of methoxy groups -OCH3 is 1. The summed E-state index contributed by atoms with van der Waals surface area (Å²) in [5.41, 5.74) is -1.19. The van der Waals surface area contributed by atoms with Gasteiger partial charge in [-0.05, 0) is 13.3 Å². The zero-order valence-electron chi connectivity index (χ0n) is 11.4. The molecule has 0 saturated carbocycles. The van der Waals surface area contributed by atoms with Crippen molar-refractivity contribution in [2.24, 2.45) is 0 Å². The second-order valence-corrected chi connectivity index (χ2v) is 4.14. The highest BCUT2D eigenvalue weighted by molar-refractivity contribution is 5.95. The highest BCUT2D eigenvalue weighted by Gasteiger charge is 2.30. The molecule has 8 nitrogen and oxygen atoms in total. The predicted molar refractivity (Wildman–Crippen MR) is 67.8 cm³/mol. The molecule has 1 atom stereocenters. The van der Waals surface area contributed by atoms with E-state index in [1.54, 1.807) is 6.92 Å². The van der Waals surface area contributed by atoms with E-state index in [4.69, 9.17) is 9.84 Å². The number of imide groups is 1. The monoisotopic (exact) mass is 275 g/mol. The second-order valence-electron chi connectivity index (χ2n) is 4.14. The summed E-state index contributed by atoms with van der Waals surface area (Å²) in [6, 6.07) is -0.641. The third kappa shape index (κ3) is 6.73. The lowest BCUT2D eigenvalue weighted by Crippen LogP contribution is -2.53. The smallest absolute Gasteiger partial charge is 0.323 e. The van der Waals surface area contributed by atoms with Gasteiger partial charge in [0.15, 0.2) is 0 Å². The van der Waals surface area contributed by atoms with E-state index in [2.05, 4.69) is 16.0 Å². The van der Waals surface area contributed by atoms with Crippen molar-refractivity contribution in [3.8, 4) is 0 Å². The summed E-state index contributed by atoms with van der Waals surface area (Å²) in [5, 5.41) is 16.1. The first-order valence-corrected chi connectivity index (χ1v) is 5.90. The van der Waals surface area contributed by atoms with Gasteiger partial charge in [-0.25, -0.2) is 4.79 Å². The summed E-state index contributed by atoms with van der Waals surface area (Å²) in [4.78, 5) is 33.6. The van der Waals surface area contributed by atoms with E-state index in [1.165, 1.54) is 14.0 Å². The van der Waals surface area contributed by atoms with Gasteiger partial charge < -0.3 is 15.2 Å². The van der Waals surface area contributed by atoms with E-state index < -0.39 is 23.4 Å². The normalized spacial score (nSPS) is 13.4. The van der Waals surface area contributed by atoms with E-state index in [0.29, 0.717) is 13.0 Å². The Balaban J connectivity index is 4.05. The fourth-order valence-electron chi connectivity index (χ4n) is 1.11. The first kappa shape index (κ1) is 17.3. The van der Waals surface area contributed by atoms with Crippen molar-refractivity contribution in [2.45, 2.75) is 25.8 Å². The minimum absolute atomic E-state index is 0.256. The molecule has 19 heavy (non-hydrogen) atoms. The fraction of sp³-hybridized carbons (Fsp3) is 0.727. The summed E-state index contributed by atoms with van der Waals surface area (Å²) < 4.78 is 4.73. The maximum atomic E-state index is 11.4. The van der Waals surface area contributed by atoms with Crippen molar-refractivity contribution in [3.05, 3.63) is 0 Å². The summed E-state index contributed by atoms with van der Waals surface area (Å²) >= 11 is 0. The first-order chi connectivity index (χ1) is 8.85. The van der Waals surface area contributed by atoms with Crippen LogP contribution >= 0.6 is 0 Å². The molecule has 0 aromatic heterocycles. The minimum Gasteiger partial charge on any atom is -0.480 e. The number of amides is 3. The Morgan fingerprint density at radius 1 is 1.32 bits per heavy atom. The third-order valence-corrected chi connectivity index (χ3v) is 2.66. The number of urea groups is 1. The first-order valence-electron chi connectivity index (χ1n) is 5.90. The molecule has 4 N–H and O–H groups in total. The Kier molecular flexibility index (Phi) is 7.69. The van der Waals surface area contributed by atoms with Crippen LogP contribution in [-0.2, 0) is 14.3 Å². The molecule has 0 aliphatic carbocycles. The Hall–Kier alpha value is -1.67. The van der Waals surface area contributed by atoms with E-state index in [0.717, 1.165) is 0 Å². The molecule has 0 rings (SSSR count). The van der Waals surface area contributed by atoms with E-state index in [9.17, 15) is 14.4 Å². The average Bonchev–Trinajstić information content (AvgIpc) is 2.36. The van der Waals surface area contributed by atoms with Gasteiger partial charge in [0.05, 0.1) is 13.2 Å². The Morgan fingerprint density at radius 2 is 1.95 bits per heavy atom. The van der Waals surface area contributed by atoms with Crippen LogP contribution in [0, 0.1) is 0 Å². The van der Waals surface area contributed by atoms with Crippen molar-refractivity contribution in [1.29, 1.82) is 0 Å². The largest absolute Gasteiger partial charge is 0.480 e. The van der Waals surface area contributed by atoms with Gasteiger partial charge >= 0.3 is 12.0 Å². The molecule has 0 saturated heterocycles. The maximum absolute atomic E-state index is 11.4. The highest BCUT2D eigenvalue weighted by Crippen LogP contribution is 2.08. The molecule has 0 aliphatic rings. The van der Waals surface area contributed by atoms with Crippen LogP contribution in [0.1, 0.15) is 20.3 Å². The molecular formula is C11H21N3O5. The molecule has 0 aromatic rings. The van der Waals surface area contributed by atoms with Crippen LogP contribution in [-0.4, -0.2) is 55.4 Å². The number of hydrogen-bond donors (Lipinski definition) is 4. The van der Waals surface area contributed by atoms with Crippen molar-refractivity contribution in [1.82, 2.24) is 16.0 Å². The Morgan fingerprint density at radius 3 is 2.42 bits per heavy atom. The van der Waals surface area contributed by atoms with Crippen molar-refractivity contribution >= 4 is 17.9 Å². The lowest BCUT2D eigenvalue weighted by molar-refractivity contribution is -0.144. The van der Waals surface area contributed by atoms with Crippen molar-refractivity contribution in [3.63, 3.8) is 0 Å². The number of aliphatic carboxylic acids is 1. The predicted octanol–water partition coefficient (Wildman–Crippen LogP) is -0.698. The number of hydrogen-bond acceptors (Lipinski definition) is 5. The molecule has 0 bridgehead atoms. The molecule has 0 heterocycles. The standard InChI is InChI=1S/C11H21N3O5/c1-4-11(2,9(16)17)13-7-8(15)14-10(18)12-5-6-19-3/h13H,4-7H2,1-3H3,(H,16,17)(H2,12,14,15,18). The van der Waals surface area contributed by atoms with E-state index in [1.807, 2.05) is 0 Å². The quantitative estimate of drug-likeness (QED) is 0.435. The lowest BCUT2D eigenvalue weighted by atomic mass is 9.99. The summed E-state index contributed by atoms with van der Waals surface area (Å²) in [6.07, 6.45) is 0.315. The minimum atomic E-state index is -1.19. The van der Waals surface area contributed by atoms with Gasteiger partial charge in [0.1, 0.15) is 5.54 Å². The van der Waals surface area contributed by atoms with Crippen LogP contribution in [0.25, 0.3) is 0 Å². The molecule has 0 aliphatic heterocycles. The molecule has 0 spiro atoms. The number of carboxylic acids is 1. The van der Waals surface area contributed by atoms with Crippen LogP contribution in [0.4, 0.5) is 4.79 Å². The Bertz CT molecular complexity index is 334. The molecule has 3 amide bonds. The number of rotatable bonds is 8. The second kappa shape index (κ2) is 8.44. The van der Waals surface area contributed by atoms with Crippen LogP contribution in [0.5, 0.6) is 0 Å². The van der Waals surface area contributed by atoms with Gasteiger partial charge in [-0.3, -0.25) is 20.2 Å². The van der Waals surface area contributed by atoms with Gasteiger partial charge in [0.2, 0.25) is 5.91 Å². The molecule has 0 aromatic carbocycles. The van der Waals surface area contributed by atoms with Crippen LogP contribution in [0.15, 0.2) is 0 Å². The Labute approximate surface area is 111 Å². The van der Waals surface area contributed by atoms with E-state index in [-0.39, 0.29) is 13.1 Å². The van der Waals surface area contributed by atoms with Gasteiger partial charge in [0.25, 0.3) is 0 Å². The summed E-state index contributed by atoms with van der Waals surface area (Å²) in [6.45, 7) is 3.53. The third-order valence-electron chi connectivity index (χ3n) is 2.66. The number of nitrogens with one attached hydrogen (secondary N) is 3. The fourth-order valence-corrected chi connectivity index (χ4v) is 1.11. The molecule has 0 fully saturated rings. The average molecular weight is 275 g/mol. The van der Waals surface area contributed by atoms with E-state index >= 15 is 0 Å².